The lowest BCUT2D eigenvalue weighted by Gasteiger charge is -2.31. The van der Waals surface area contributed by atoms with Crippen molar-refractivity contribution in [3.63, 3.8) is 0 Å². The SMILES string of the molecule is Cc1ccc(S(=O)(=O)N(CCN2CCOCC2)CC(=O)N(Cc2ccccc2)Cc2ccc(C)s2)cc1. The van der Waals surface area contributed by atoms with Gasteiger partial charge >= 0.3 is 0 Å². The molecule has 1 saturated heterocycles. The molecule has 37 heavy (non-hydrogen) atoms. The van der Waals surface area contributed by atoms with Crippen molar-refractivity contribution in [1.29, 1.82) is 0 Å². The first-order valence-corrected chi connectivity index (χ1v) is 14.8. The van der Waals surface area contributed by atoms with Crippen molar-refractivity contribution < 1.29 is 17.9 Å². The van der Waals surface area contributed by atoms with Crippen molar-refractivity contribution in [2.75, 3.05) is 45.9 Å². The highest BCUT2D eigenvalue weighted by Crippen LogP contribution is 2.21. The molecule has 1 aliphatic heterocycles. The summed E-state index contributed by atoms with van der Waals surface area (Å²) in [4.78, 5) is 20.1. The van der Waals surface area contributed by atoms with Crippen LogP contribution in [0.1, 0.15) is 20.9 Å². The van der Waals surface area contributed by atoms with E-state index in [1.54, 1.807) is 40.5 Å². The Morgan fingerprint density at radius 1 is 0.946 bits per heavy atom. The number of hydrogen-bond acceptors (Lipinski definition) is 6. The van der Waals surface area contributed by atoms with E-state index in [-0.39, 0.29) is 23.9 Å². The van der Waals surface area contributed by atoms with E-state index in [0.717, 1.165) is 29.1 Å². The summed E-state index contributed by atoms with van der Waals surface area (Å²) in [6, 6.07) is 20.7. The minimum Gasteiger partial charge on any atom is -0.379 e. The number of sulfonamides is 1. The summed E-state index contributed by atoms with van der Waals surface area (Å²) in [5.41, 5.74) is 1.99. The van der Waals surface area contributed by atoms with Crippen LogP contribution in [0.2, 0.25) is 0 Å². The minimum atomic E-state index is -3.86. The summed E-state index contributed by atoms with van der Waals surface area (Å²) < 4.78 is 34.2. The molecular formula is C28H35N3O4S2. The van der Waals surface area contributed by atoms with E-state index in [4.69, 9.17) is 4.74 Å². The van der Waals surface area contributed by atoms with Gasteiger partial charge in [0.15, 0.2) is 0 Å². The second-order valence-corrected chi connectivity index (χ2v) is 12.7. The van der Waals surface area contributed by atoms with Crippen molar-refractivity contribution in [3.8, 4) is 0 Å². The number of benzene rings is 2. The van der Waals surface area contributed by atoms with E-state index >= 15 is 0 Å². The van der Waals surface area contributed by atoms with Crippen LogP contribution in [0.3, 0.4) is 0 Å². The molecule has 0 bridgehead atoms. The highest BCUT2D eigenvalue weighted by Gasteiger charge is 2.29. The van der Waals surface area contributed by atoms with Gasteiger partial charge in [-0.15, -0.1) is 11.3 Å². The van der Waals surface area contributed by atoms with E-state index in [1.807, 2.05) is 56.3 Å². The number of hydrogen-bond donors (Lipinski definition) is 0. The first-order chi connectivity index (χ1) is 17.8. The first kappa shape index (κ1) is 27.5. The van der Waals surface area contributed by atoms with E-state index in [2.05, 4.69) is 4.90 Å². The van der Waals surface area contributed by atoms with Gasteiger partial charge in [0.1, 0.15) is 0 Å². The number of morpholine rings is 1. The van der Waals surface area contributed by atoms with Crippen LogP contribution in [0.15, 0.2) is 71.6 Å². The Morgan fingerprint density at radius 3 is 2.30 bits per heavy atom. The molecule has 2 aromatic carbocycles. The van der Waals surface area contributed by atoms with Crippen LogP contribution < -0.4 is 0 Å². The molecule has 1 amide bonds. The maximum absolute atomic E-state index is 13.7. The number of thiophene rings is 1. The van der Waals surface area contributed by atoms with Crippen LogP contribution >= 0.6 is 11.3 Å². The summed E-state index contributed by atoms with van der Waals surface area (Å²) >= 11 is 1.65. The summed E-state index contributed by atoms with van der Waals surface area (Å²) in [7, 11) is -3.86. The van der Waals surface area contributed by atoms with Crippen molar-refractivity contribution in [2.24, 2.45) is 0 Å². The highest BCUT2D eigenvalue weighted by atomic mass is 32.2. The number of aryl methyl sites for hydroxylation is 2. The van der Waals surface area contributed by atoms with E-state index in [9.17, 15) is 13.2 Å². The summed E-state index contributed by atoms with van der Waals surface area (Å²) in [5, 5.41) is 0. The lowest BCUT2D eigenvalue weighted by atomic mass is 10.2. The van der Waals surface area contributed by atoms with E-state index in [0.29, 0.717) is 32.8 Å². The molecule has 1 aliphatic rings. The molecular weight excluding hydrogens is 506 g/mol. The highest BCUT2D eigenvalue weighted by molar-refractivity contribution is 7.89. The number of rotatable bonds is 11. The molecule has 3 aromatic rings. The number of carbonyl (C=O) groups excluding carboxylic acids is 1. The van der Waals surface area contributed by atoms with Crippen LogP contribution in [-0.2, 0) is 32.6 Å². The maximum Gasteiger partial charge on any atom is 0.243 e. The Labute approximate surface area is 224 Å². The smallest absolute Gasteiger partial charge is 0.243 e. The van der Waals surface area contributed by atoms with Crippen molar-refractivity contribution >= 4 is 27.3 Å². The number of ether oxygens (including phenoxy) is 1. The Bertz CT molecular complexity index is 1250. The molecule has 1 fully saturated rings. The fourth-order valence-electron chi connectivity index (χ4n) is 4.27. The van der Waals surface area contributed by atoms with Gasteiger partial charge in [-0.2, -0.15) is 4.31 Å². The summed E-state index contributed by atoms with van der Waals surface area (Å²) in [5.74, 6) is -0.215. The van der Waals surface area contributed by atoms with Crippen LogP contribution in [-0.4, -0.2) is 74.4 Å². The normalized spacial score (nSPS) is 14.7. The monoisotopic (exact) mass is 541 g/mol. The minimum absolute atomic E-state index is 0.205. The van der Waals surface area contributed by atoms with Gasteiger partial charge < -0.3 is 9.64 Å². The fraction of sp³-hybridized carbons (Fsp3) is 0.393. The number of carbonyl (C=O) groups is 1. The molecule has 0 saturated carbocycles. The molecule has 1 aromatic heterocycles. The molecule has 4 rings (SSSR count). The van der Waals surface area contributed by atoms with Crippen LogP contribution in [0, 0.1) is 13.8 Å². The van der Waals surface area contributed by atoms with Crippen LogP contribution in [0.5, 0.6) is 0 Å². The molecule has 2 heterocycles. The maximum atomic E-state index is 13.7. The largest absolute Gasteiger partial charge is 0.379 e. The van der Waals surface area contributed by atoms with Gasteiger partial charge in [0.05, 0.1) is 31.2 Å². The molecule has 0 spiro atoms. The Balaban J connectivity index is 1.57. The molecule has 0 N–H and O–H groups in total. The lowest BCUT2D eigenvalue weighted by molar-refractivity contribution is -0.132. The second kappa shape index (κ2) is 12.8. The average molecular weight is 542 g/mol. The first-order valence-electron chi connectivity index (χ1n) is 12.6. The molecule has 198 valence electrons. The van der Waals surface area contributed by atoms with Gasteiger partial charge in [0.25, 0.3) is 0 Å². The van der Waals surface area contributed by atoms with Gasteiger partial charge in [-0.05, 0) is 43.7 Å². The Kier molecular flexibility index (Phi) is 9.50. The average Bonchev–Trinajstić information content (AvgIpc) is 3.31. The second-order valence-electron chi connectivity index (χ2n) is 9.35. The van der Waals surface area contributed by atoms with E-state index < -0.39 is 10.0 Å². The molecule has 7 nitrogen and oxygen atoms in total. The summed E-state index contributed by atoms with van der Waals surface area (Å²) in [6.45, 7) is 8.16. The Hall–Kier alpha value is -2.56. The van der Waals surface area contributed by atoms with Gasteiger partial charge in [-0.25, -0.2) is 8.42 Å². The van der Waals surface area contributed by atoms with Gasteiger partial charge in [0, 0.05) is 42.5 Å². The van der Waals surface area contributed by atoms with Crippen LogP contribution in [0.4, 0.5) is 0 Å². The van der Waals surface area contributed by atoms with Crippen molar-refractivity contribution in [1.82, 2.24) is 14.1 Å². The number of nitrogens with zero attached hydrogens (tertiary/aromatic N) is 3. The number of amides is 1. The predicted octanol–water partition coefficient (Wildman–Crippen LogP) is 3.92. The quantitative estimate of drug-likeness (QED) is 0.368. The molecule has 0 atom stereocenters. The standard InChI is InChI=1S/C28H35N3O4S2/c1-23-8-12-27(13-9-23)37(33,34)31(15-14-29-16-18-35-19-17-29)22-28(32)30(20-25-6-4-3-5-7-25)21-26-11-10-24(2)36-26/h3-13H,14-22H2,1-2H3. The molecule has 0 radical (unpaired) electrons. The molecule has 0 unspecified atom stereocenters. The third-order valence-electron chi connectivity index (χ3n) is 6.45. The van der Waals surface area contributed by atoms with Crippen molar-refractivity contribution in [2.45, 2.75) is 31.8 Å². The van der Waals surface area contributed by atoms with E-state index in [1.165, 1.54) is 9.18 Å². The third-order valence-corrected chi connectivity index (χ3v) is 9.30. The molecule has 0 aliphatic carbocycles. The van der Waals surface area contributed by atoms with Gasteiger partial charge in [-0.3, -0.25) is 9.69 Å². The molecule has 9 heteroatoms. The topological polar surface area (TPSA) is 70.2 Å². The van der Waals surface area contributed by atoms with Gasteiger partial charge in [-0.1, -0.05) is 48.0 Å². The zero-order chi connectivity index (χ0) is 26.3. The zero-order valence-electron chi connectivity index (χ0n) is 21.5. The van der Waals surface area contributed by atoms with Crippen LogP contribution in [0.25, 0.3) is 0 Å². The summed E-state index contributed by atoms with van der Waals surface area (Å²) in [6.07, 6.45) is 0. The Morgan fingerprint density at radius 2 is 1.65 bits per heavy atom. The third kappa shape index (κ3) is 7.72. The predicted molar refractivity (Wildman–Crippen MR) is 147 cm³/mol. The fourth-order valence-corrected chi connectivity index (χ4v) is 6.55. The lowest BCUT2D eigenvalue weighted by Crippen LogP contribution is -2.46. The zero-order valence-corrected chi connectivity index (χ0v) is 23.1. The van der Waals surface area contributed by atoms with Crippen molar-refractivity contribution in [3.05, 3.63) is 87.6 Å². The van der Waals surface area contributed by atoms with Gasteiger partial charge in [0.2, 0.25) is 15.9 Å².